The zero-order chi connectivity index (χ0) is 17.9. The molecule has 0 aliphatic heterocycles. The zero-order valence-electron chi connectivity index (χ0n) is 14.4. The summed E-state index contributed by atoms with van der Waals surface area (Å²) in [7, 11) is 0. The number of para-hydroxylation sites is 1. The second kappa shape index (κ2) is 7.40. The summed E-state index contributed by atoms with van der Waals surface area (Å²) in [5.41, 5.74) is 3.31. The molecule has 130 valence electrons. The first-order chi connectivity index (χ1) is 12.8. The Hall–Kier alpha value is -2.50. The van der Waals surface area contributed by atoms with Gasteiger partial charge in [0.15, 0.2) is 5.13 Å². The molecule has 1 amide bonds. The maximum Gasteiger partial charge on any atom is 0.270 e. The van der Waals surface area contributed by atoms with Gasteiger partial charge in [0.25, 0.3) is 5.91 Å². The summed E-state index contributed by atoms with van der Waals surface area (Å²) in [5.74, 6) is 0.000887. The predicted octanol–water partition coefficient (Wildman–Crippen LogP) is 5.77. The summed E-state index contributed by atoms with van der Waals surface area (Å²) >= 11 is 3.04. The van der Waals surface area contributed by atoms with E-state index in [0.717, 1.165) is 32.2 Å². The van der Waals surface area contributed by atoms with Gasteiger partial charge in [0.05, 0.1) is 21.6 Å². The first-order valence-electron chi connectivity index (χ1n) is 8.54. The van der Waals surface area contributed by atoms with Crippen LogP contribution in [0.5, 0.6) is 0 Å². The van der Waals surface area contributed by atoms with Crippen molar-refractivity contribution in [3.05, 3.63) is 82.0 Å². The minimum absolute atomic E-state index is 0.000887. The minimum Gasteiger partial charge on any atom is -0.279 e. The number of anilines is 1. The maximum absolute atomic E-state index is 13.1. The van der Waals surface area contributed by atoms with Gasteiger partial charge in [0.1, 0.15) is 0 Å². The van der Waals surface area contributed by atoms with Crippen molar-refractivity contribution in [2.24, 2.45) is 0 Å². The van der Waals surface area contributed by atoms with Crippen LogP contribution in [0.1, 0.15) is 27.7 Å². The Morgan fingerprint density at radius 1 is 1.04 bits per heavy atom. The van der Waals surface area contributed by atoms with Gasteiger partial charge in [-0.05, 0) is 35.1 Å². The van der Waals surface area contributed by atoms with E-state index in [4.69, 9.17) is 4.98 Å². The highest BCUT2D eigenvalue weighted by atomic mass is 32.1. The number of fused-ring (bicyclic) bond motifs is 1. The van der Waals surface area contributed by atoms with Gasteiger partial charge in [-0.25, -0.2) is 4.98 Å². The number of thiophene rings is 1. The molecule has 0 N–H and O–H groups in total. The molecule has 0 unspecified atom stereocenters. The van der Waals surface area contributed by atoms with Crippen molar-refractivity contribution in [2.75, 3.05) is 4.90 Å². The number of carbonyl (C=O) groups excluding carboxylic acids is 1. The molecule has 4 aromatic rings. The quantitative estimate of drug-likeness (QED) is 0.442. The molecule has 4 rings (SSSR count). The molecule has 2 aromatic carbocycles. The van der Waals surface area contributed by atoms with Crippen molar-refractivity contribution in [2.45, 2.75) is 19.9 Å². The van der Waals surface area contributed by atoms with Crippen molar-refractivity contribution in [1.29, 1.82) is 0 Å². The lowest BCUT2D eigenvalue weighted by atomic mass is 10.1. The van der Waals surface area contributed by atoms with Gasteiger partial charge < -0.3 is 0 Å². The molecule has 2 aromatic heterocycles. The fourth-order valence-electron chi connectivity index (χ4n) is 2.92. The predicted molar refractivity (Wildman–Crippen MR) is 110 cm³/mol. The molecule has 26 heavy (non-hydrogen) atoms. The molecule has 0 aliphatic carbocycles. The number of aromatic nitrogens is 1. The molecule has 2 heterocycles. The van der Waals surface area contributed by atoms with E-state index in [9.17, 15) is 4.79 Å². The number of rotatable bonds is 5. The van der Waals surface area contributed by atoms with Gasteiger partial charge in [-0.15, -0.1) is 11.3 Å². The molecule has 0 radical (unpaired) electrons. The molecular formula is C21H18N2OS2. The molecule has 0 bridgehead atoms. The highest BCUT2D eigenvalue weighted by Crippen LogP contribution is 2.33. The fraction of sp³-hybridized carbons (Fsp3) is 0.143. The van der Waals surface area contributed by atoms with Crippen LogP contribution in [-0.2, 0) is 13.0 Å². The normalized spacial score (nSPS) is 11.0. The number of carbonyl (C=O) groups is 1. The highest BCUT2D eigenvalue weighted by molar-refractivity contribution is 7.22. The average molecular weight is 379 g/mol. The first-order valence-corrected chi connectivity index (χ1v) is 10.2. The van der Waals surface area contributed by atoms with Gasteiger partial charge in [0.2, 0.25) is 0 Å². The Morgan fingerprint density at radius 3 is 2.62 bits per heavy atom. The van der Waals surface area contributed by atoms with Crippen molar-refractivity contribution in [3.8, 4) is 0 Å². The summed E-state index contributed by atoms with van der Waals surface area (Å²) in [4.78, 5) is 20.5. The van der Waals surface area contributed by atoms with Gasteiger partial charge in [-0.1, -0.05) is 66.8 Å². The van der Waals surface area contributed by atoms with Crippen LogP contribution in [0.2, 0.25) is 0 Å². The van der Waals surface area contributed by atoms with E-state index in [1.807, 2.05) is 47.8 Å². The number of benzene rings is 2. The van der Waals surface area contributed by atoms with Crippen LogP contribution in [0.25, 0.3) is 10.2 Å². The number of thiazole rings is 1. The summed E-state index contributed by atoms with van der Waals surface area (Å²) in [6, 6.07) is 20.1. The molecular weight excluding hydrogens is 360 g/mol. The molecule has 5 heteroatoms. The first kappa shape index (κ1) is 16.9. The summed E-state index contributed by atoms with van der Waals surface area (Å²) < 4.78 is 1.12. The van der Waals surface area contributed by atoms with Crippen molar-refractivity contribution in [1.82, 2.24) is 4.98 Å². The van der Waals surface area contributed by atoms with E-state index in [2.05, 4.69) is 25.1 Å². The second-order valence-corrected chi connectivity index (χ2v) is 7.92. The summed E-state index contributed by atoms with van der Waals surface area (Å²) in [6.45, 7) is 2.64. The van der Waals surface area contributed by atoms with Crippen LogP contribution in [0, 0.1) is 0 Å². The van der Waals surface area contributed by atoms with Crippen LogP contribution in [-0.4, -0.2) is 10.9 Å². The summed E-state index contributed by atoms with van der Waals surface area (Å²) in [6.07, 6.45) is 0.929. The number of nitrogens with zero attached hydrogens (tertiary/aromatic N) is 2. The lowest BCUT2D eigenvalue weighted by Gasteiger charge is -2.19. The molecule has 0 atom stereocenters. The average Bonchev–Trinajstić information content (AvgIpc) is 3.35. The Kier molecular flexibility index (Phi) is 4.82. The number of aryl methyl sites for hydroxylation is 1. The maximum atomic E-state index is 13.1. The van der Waals surface area contributed by atoms with E-state index < -0.39 is 0 Å². The lowest BCUT2D eigenvalue weighted by Crippen LogP contribution is -2.29. The standard InChI is InChI=1S/C21H18N2OS2/c1-2-16-10-6-11-17-19(16)22-21(26-17)23(14-15-8-4-3-5-9-15)20(24)18-12-7-13-25-18/h3-13H,2,14H2,1H3. The van der Waals surface area contributed by atoms with E-state index in [1.54, 1.807) is 16.2 Å². The molecule has 0 aliphatic rings. The van der Waals surface area contributed by atoms with Crippen LogP contribution >= 0.6 is 22.7 Å². The third-order valence-corrected chi connectivity index (χ3v) is 6.17. The molecule has 0 fully saturated rings. The Balaban J connectivity index is 1.78. The second-order valence-electron chi connectivity index (χ2n) is 5.97. The van der Waals surface area contributed by atoms with E-state index in [0.29, 0.717) is 6.54 Å². The fourth-order valence-corrected chi connectivity index (χ4v) is 4.60. The number of hydrogen-bond acceptors (Lipinski definition) is 4. The van der Waals surface area contributed by atoms with E-state index in [-0.39, 0.29) is 5.91 Å². The third kappa shape index (κ3) is 3.28. The molecule has 0 spiro atoms. The van der Waals surface area contributed by atoms with Crippen LogP contribution in [0.3, 0.4) is 0 Å². The van der Waals surface area contributed by atoms with Crippen LogP contribution < -0.4 is 4.90 Å². The number of hydrogen-bond donors (Lipinski definition) is 0. The molecule has 0 saturated heterocycles. The summed E-state index contributed by atoms with van der Waals surface area (Å²) in [5, 5.41) is 2.68. The van der Waals surface area contributed by atoms with Crippen LogP contribution in [0.4, 0.5) is 5.13 Å². The smallest absolute Gasteiger partial charge is 0.270 e. The van der Waals surface area contributed by atoms with Gasteiger partial charge in [-0.3, -0.25) is 9.69 Å². The van der Waals surface area contributed by atoms with Crippen molar-refractivity contribution in [3.63, 3.8) is 0 Å². The Bertz CT molecular complexity index is 1020. The van der Waals surface area contributed by atoms with Gasteiger partial charge in [-0.2, -0.15) is 0 Å². The van der Waals surface area contributed by atoms with Crippen LogP contribution in [0.15, 0.2) is 66.0 Å². The van der Waals surface area contributed by atoms with Crippen molar-refractivity contribution < 1.29 is 4.79 Å². The SMILES string of the molecule is CCc1cccc2sc(N(Cc3ccccc3)C(=O)c3cccs3)nc12. The zero-order valence-corrected chi connectivity index (χ0v) is 16.0. The topological polar surface area (TPSA) is 33.2 Å². The monoisotopic (exact) mass is 378 g/mol. The Morgan fingerprint density at radius 2 is 1.88 bits per heavy atom. The minimum atomic E-state index is 0.000887. The largest absolute Gasteiger partial charge is 0.279 e. The molecule has 3 nitrogen and oxygen atoms in total. The number of amides is 1. The van der Waals surface area contributed by atoms with E-state index in [1.165, 1.54) is 16.9 Å². The van der Waals surface area contributed by atoms with Gasteiger partial charge in [0, 0.05) is 0 Å². The van der Waals surface area contributed by atoms with Crippen molar-refractivity contribution >= 4 is 43.9 Å². The molecule has 0 saturated carbocycles. The lowest BCUT2D eigenvalue weighted by molar-refractivity contribution is 0.0989. The van der Waals surface area contributed by atoms with E-state index >= 15 is 0 Å². The third-order valence-electron chi connectivity index (χ3n) is 4.26. The Labute approximate surface area is 160 Å². The van der Waals surface area contributed by atoms with Gasteiger partial charge >= 0.3 is 0 Å². The highest BCUT2D eigenvalue weighted by Gasteiger charge is 2.22.